The summed E-state index contributed by atoms with van der Waals surface area (Å²) in [4.78, 5) is 36.8. The van der Waals surface area contributed by atoms with Crippen molar-refractivity contribution in [2.75, 3.05) is 6.61 Å². The van der Waals surface area contributed by atoms with Crippen molar-refractivity contribution in [1.82, 2.24) is 0 Å². The van der Waals surface area contributed by atoms with Crippen LogP contribution in [0.25, 0.3) is 0 Å². The lowest BCUT2D eigenvalue weighted by Gasteiger charge is -2.37. The topological polar surface area (TPSA) is 116 Å². The van der Waals surface area contributed by atoms with Crippen molar-refractivity contribution in [3.8, 4) is 0 Å². The minimum absolute atomic E-state index is 0.0664. The first-order chi connectivity index (χ1) is 13.1. The zero-order valence-electron chi connectivity index (χ0n) is 16.1. The molecule has 0 amide bonds. The van der Waals surface area contributed by atoms with Crippen LogP contribution in [-0.2, 0) is 19.1 Å². The molecule has 1 aliphatic heterocycles. The number of carbonyl (C=O) groups excluding carboxylic acids is 2. The third-order valence-electron chi connectivity index (χ3n) is 4.94. The number of ketones is 1. The van der Waals surface area contributed by atoms with Gasteiger partial charge in [0.15, 0.2) is 5.78 Å². The summed E-state index contributed by atoms with van der Waals surface area (Å²) in [5.41, 5.74) is 6.94. The van der Waals surface area contributed by atoms with Crippen molar-refractivity contribution in [1.29, 1.82) is 0 Å². The van der Waals surface area contributed by atoms with Crippen LogP contribution in [0.1, 0.15) is 55.5 Å². The summed E-state index contributed by atoms with van der Waals surface area (Å²) in [6, 6.07) is 6.04. The minimum atomic E-state index is -1.06. The standard InChI is InChI=1S/C21H23NO6/c1-4-27-20(26)17-15(11-5-7-12(8-6-11)19(24)25)16-13(23)9-21(2,3)10-14(16)28-18(17)22/h5-8,15H,4,9-10,22H2,1-3H3,(H,24,25). The molecule has 1 aromatic carbocycles. The molecule has 1 unspecified atom stereocenters. The Labute approximate surface area is 162 Å². The lowest BCUT2D eigenvalue weighted by Crippen LogP contribution is -2.35. The summed E-state index contributed by atoms with van der Waals surface area (Å²) in [6.45, 7) is 5.76. The Balaban J connectivity index is 2.16. The molecule has 0 radical (unpaired) electrons. The number of allylic oxidation sites excluding steroid dienone is 2. The van der Waals surface area contributed by atoms with Gasteiger partial charge in [0, 0.05) is 18.4 Å². The molecule has 28 heavy (non-hydrogen) atoms. The van der Waals surface area contributed by atoms with E-state index < -0.39 is 17.9 Å². The van der Waals surface area contributed by atoms with E-state index in [2.05, 4.69) is 0 Å². The number of ether oxygens (including phenoxy) is 2. The molecule has 1 aliphatic carbocycles. The molecule has 148 valence electrons. The molecule has 0 fully saturated rings. The van der Waals surface area contributed by atoms with Crippen molar-refractivity contribution in [2.24, 2.45) is 11.1 Å². The molecule has 0 saturated carbocycles. The Morgan fingerprint density at radius 1 is 1.25 bits per heavy atom. The molecular weight excluding hydrogens is 362 g/mol. The van der Waals surface area contributed by atoms with Crippen LogP contribution in [0.5, 0.6) is 0 Å². The van der Waals surface area contributed by atoms with E-state index in [-0.39, 0.29) is 34.8 Å². The van der Waals surface area contributed by atoms with Gasteiger partial charge in [-0.1, -0.05) is 26.0 Å². The van der Waals surface area contributed by atoms with Crippen molar-refractivity contribution in [3.05, 3.63) is 58.2 Å². The minimum Gasteiger partial charge on any atom is -0.478 e. The molecule has 0 aromatic heterocycles. The quantitative estimate of drug-likeness (QED) is 0.766. The normalized spacial score (nSPS) is 21.1. The van der Waals surface area contributed by atoms with E-state index in [9.17, 15) is 14.4 Å². The van der Waals surface area contributed by atoms with Gasteiger partial charge < -0.3 is 20.3 Å². The predicted molar refractivity (Wildman–Crippen MR) is 100 cm³/mol. The Morgan fingerprint density at radius 3 is 2.46 bits per heavy atom. The first-order valence-corrected chi connectivity index (χ1v) is 9.08. The summed E-state index contributed by atoms with van der Waals surface area (Å²) in [6.07, 6.45) is 0.823. The first-order valence-electron chi connectivity index (χ1n) is 9.08. The molecule has 7 nitrogen and oxygen atoms in total. The maximum absolute atomic E-state index is 13.0. The van der Waals surface area contributed by atoms with Gasteiger partial charge in [-0.3, -0.25) is 4.79 Å². The number of carbonyl (C=O) groups is 3. The Bertz CT molecular complexity index is 907. The summed E-state index contributed by atoms with van der Waals surface area (Å²) in [5, 5.41) is 9.14. The lowest BCUT2D eigenvalue weighted by atomic mass is 9.70. The highest BCUT2D eigenvalue weighted by Gasteiger charge is 2.45. The fourth-order valence-corrected chi connectivity index (χ4v) is 3.74. The Kier molecular flexibility index (Phi) is 5.02. The van der Waals surface area contributed by atoms with Crippen molar-refractivity contribution < 1.29 is 29.0 Å². The smallest absolute Gasteiger partial charge is 0.340 e. The molecule has 1 heterocycles. The van der Waals surface area contributed by atoms with Crippen LogP contribution in [0.2, 0.25) is 0 Å². The summed E-state index contributed by atoms with van der Waals surface area (Å²) in [5.74, 6) is -2.22. The van der Waals surface area contributed by atoms with E-state index in [4.69, 9.17) is 20.3 Å². The predicted octanol–water partition coefficient (Wildman–Crippen LogP) is 2.88. The number of nitrogens with two attached hydrogens (primary N) is 1. The average molecular weight is 385 g/mol. The van der Waals surface area contributed by atoms with E-state index in [1.54, 1.807) is 19.1 Å². The fourth-order valence-electron chi connectivity index (χ4n) is 3.74. The second-order valence-corrected chi connectivity index (χ2v) is 7.74. The zero-order valence-corrected chi connectivity index (χ0v) is 16.1. The third-order valence-corrected chi connectivity index (χ3v) is 4.94. The van der Waals surface area contributed by atoms with E-state index in [0.717, 1.165) is 0 Å². The van der Waals surface area contributed by atoms with Gasteiger partial charge >= 0.3 is 11.9 Å². The maximum atomic E-state index is 13.0. The summed E-state index contributed by atoms with van der Waals surface area (Å²) < 4.78 is 10.8. The number of carboxylic acids is 1. The number of hydrogen-bond acceptors (Lipinski definition) is 6. The molecule has 1 aromatic rings. The number of hydrogen-bond donors (Lipinski definition) is 2. The van der Waals surface area contributed by atoms with Crippen molar-refractivity contribution in [2.45, 2.75) is 39.5 Å². The zero-order chi connectivity index (χ0) is 20.6. The molecule has 0 saturated heterocycles. The number of rotatable bonds is 4. The summed E-state index contributed by atoms with van der Waals surface area (Å²) >= 11 is 0. The van der Waals surface area contributed by atoms with Gasteiger partial charge in [0.2, 0.25) is 5.88 Å². The van der Waals surface area contributed by atoms with Crippen LogP contribution in [-0.4, -0.2) is 29.4 Å². The van der Waals surface area contributed by atoms with Gasteiger partial charge in [0.1, 0.15) is 11.3 Å². The highest BCUT2D eigenvalue weighted by molar-refractivity contribution is 6.03. The number of esters is 1. The molecule has 2 aliphatic rings. The molecular formula is C21H23NO6. The van der Waals surface area contributed by atoms with Crippen LogP contribution in [0, 0.1) is 5.41 Å². The Morgan fingerprint density at radius 2 is 1.89 bits per heavy atom. The number of carboxylic acid groups (broad SMARTS) is 1. The first kappa shape index (κ1) is 19.7. The van der Waals surface area contributed by atoms with Crippen LogP contribution < -0.4 is 5.73 Å². The van der Waals surface area contributed by atoms with Crippen LogP contribution >= 0.6 is 0 Å². The molecule has 0 bridgehead atoms. The van der Waals surface area contributed by atoms with Gasteiger partial charge in [0.25, 0.3) is 0 Å². The fraction of sp³-hybridized carbons (Fsp3) is 0.381. The molecule has 1 atom stereocenters. The Hall–Kier alpha value is -3.09. The number of aromatic carboxylic acids is 1. The molecule has 3 rings (SSSR count). The molecule has 7 heteroatoms. The van der Waals surface area contributed by atoms with Gasteiger partial charge in [-0.05, 0) is 30.0 Å². The van der Waals surface area contributed by atoms with Crippen LogP contribution in [0.4, 0.5) is 0 Å². The lowest BCUT2D eigenvalue weighted by molar-refractivity contribution is -0.139. The average Bonchev–Trinajstić information content (AvgIpc) is 2.59. The van der Waals surface area contributed by atoms with Gasteiger partial charge in [-0.15, -0.1) is 0 Å². The molecule has 3 N–H and O–H groups in total. The molecule has 0 spiro atoms. The maximum Gasteiger partial charge on any atom is 0.340 e. The van der Waals surface area contributed by atoms with Gasteiger partial charge in [-0.2, -0.15) is 0 Å². The van der Waals surface area contributed by atoms with Crippen molar-refractivity contribution in [3.63, 3.8) is 0 Å². The monoisotopic (exact) mass is 385 g/mol. The highest BCUT2D eigenvalue weighted by atomic mass is 16.5. The van der Waals surface area contributed by atoms with E-state index in [1.807, 2.05) is 13.8 Å². The van der Waals surface area contributed by atoms with E-state index in [1.165, 1.54) is 12.1 Å². The van der Waals surface area contributed by atoms with Gasteiger partial charge in [-0.25, -0.2) is 9.59 Å². The third kappa shape index (κ3) is 3.52. The summed E-state index contributed by atoms with van der Waals surface area (Å²) in [7, 11) is 0. The van der Waals surface area contributed by atoms with Gasteiger partial charge in [0.05, 0.1) is 18.1 Å². The SMILES string of the molecule is CCOC(=O)C1=C(N)OC2=C(C(=O)CC(C)(C)C2)C1c1ccc(C(=O)O)cc1. The second kappa shape index (κ2) is 7.14. The van der Waals surface area contributed by atoms with Crippen LogP contribution in [0.15, 0.2) is 47.1 Å². The van der Waals surface area contributed by atoms with E-state index in [0.29, 0.717) is 29.7 Å². The van der Waals surface area contributed by atoms with E-state index >= 15 is 0 Å². The van der Waals surface area contributed by atoms with Crippen molar-refractivity contribution >= 4 is 17.7 Å². The number of Topliss-reactive ketones (excluding diaryl/α,β-unsaturated/α-hetero) is 1. The highest BCUT2D eigenvalue weighted by Crippen LogP contribution is 2.48. The number of benzene rings is 1. The van der Waals surface area contributed by atoms with Crippen LogP contribution in [0.3, 0.4) is 0 Å². The largest absolute Gasteiger partial charge is 0.478 e. The second-order valence-electron chi connectivity index (χ2n) is 7.74.